The van der Waals surface area contributed by atoms with Crippen molar-refractivity contribution in [1.29, 1.82) is 0 Å². The van der Waals surface area contributed by atoms with E-state index in [1.807, 2.05) is 39.8 Å². The molecule has 6 heteroatoms. The molecular weight excluding hydrogens is 270 g/mol. The van der Waals surface area contributed by atoms with E-state index in [-0.39, 0.29) is 23.9 Å². The number of amides is 1. The van der Waals surface area contributed by atoms with Crippen LogP contribution in [-0.4, -0.2) is 17.6 Å². The van der Waals surface area contributed by atoms with E-state index in [0.29, 0.717) is 5.88 Å². The molecule has 0 spiro atoms. The van der Waals surface area contributed by atoms with Crippen LogP contribution in [0.4, 0.5) is 5.88 Å². The Morgan fingerprint density at radius 2 is 2.19 bits per heavy atom. The fourth-order valence-electron chi connectivity index (χ4n) is 1.75. The van der Waals surface area contributed by atoms with Crippen LogP contribution in [0.25, 0.3) is 0 Å². The molecule has 0 saturated heterocycles. The van der Waals surface area contributed by atoms with E-state index in [1.165, 1.54) is 0 Å². The third-order valence-electron chi connectivity index (χ3n) is 3.08. The zero-order valence-electron chi connectivity index (χ0n) is 12.8. The summed E-state index contributed by atoms with van der Waals surface area (Å²) in [7, 11) is 0. The number of nitrogens with one attached hydrogen (secondary N) is 2. The van der Waals surface area contributed by atoms with Crippen LogP contribution >= 0.6 is 0 Å². The van der Waals surface area contributed by atoms with Gasteiger partial charge < -0.3 is 8.94 Å². The molecule has 0 aliphatic carbocycles. The van der Waals surface area contributed by atoms with Crippen LogP contribution in [0.1, 0.15) is 45.2 Å². The van der Waals surface area contributed by atoms with E-state index in [2.05, 4.69) is 15.8 Å². The summed E-state index contributed by atoms with van der Waals surface area (Å²) < 4.78 is 10.4. The molecule has 0 saturated carbocycles. The molecule has 0 unspecified atom stereocenters. The molecule has 0 fully saturated rings. The van der Waals surface area contributed by atoms with Crippen LogP contribution in [0.3, 0.4) is 0 Å². The Bertz CT molecular complexity index is 582. The van der Waals surface area contributed by atoms with Gasteiger partial charge in [-0.05, 0) is 19.1 Å². The van der Waals surface area contributed by atoms with E-state index in [4.69, 9.17) is 8.94 Å². The quantitative estimate of drug-likeness (QED) is 0.885. The first-order chi connectivity index (χ1) is 9.86. The number of anilines is 1. The molecule has 1 amide bonds. The second-order valence-corrected chi connectivity index (χ2v) is 5.99. The standard InChI is InChI=1S/C15H21N3O3/c1-10(11-6-5-7-20-11)16-9-13(19)17-14-8-12(18-21-14)15(2,3)4/h5-8,10,16H,9H2,1-4H3,(H,17,19)/t10-/m0/s1. The number of furan rings is 1. The molecule has 2 aromatic rings. The highest BCUT2D eigenvalue weighted by molar-refractivity contribution is 5.91. The summed E-state index contributed by atoms with van der Waals surface area (Å²) >= 11 is 0. The van der Waals surface area contributed by atoms with Crippen molar-refractivity contribution < 1.29 is 13.7 Å². The van der Waals surface area contributed by atoms with Gasteiger partial charge in [0.1, 0.15) is 5.76 Å². The summed E-state index contributed by atoms with van der Waals surface area (Å²) in [4.78, 5) is 11.9. The molecule has 1 atom stereocenters. The zero-order valence-corrected chi connectivity index (χ0v) is 12.8. The normalized spacial score (nSPS) is 13.1. The smallest absolute Gasteiger partial charge is 0.240 e. The molecule has 2 rings (SSSR count). The van der Waals surface area contributed by atoms with E-state index in [0.717, 1.165) is 11.5 Å². The maximum atomic E-state index is 11.9. The van der Waals surface area contributed by atoms with Crippen LogP contribution in [0.15, 0.2) is 33.4 Å². The van der Waals surface area contributed by atoms with Gasteiger partial charge in [-0.2, -0.15) is 0 Å². The number of rotatable bonds is 5. The van der Waals surface area contributed by atoms with Crippen molar-refractivity contribution in [2.45, 2.75) is 39.2 Å². The maximum Gasteiger partial charge on any atom is 0.240 e. The lowest BCUT2D eigenvalue weighted by atomic mass is 9.92. The number of hydrogen-bond donors (Lipinski definition) is 2. The molecule has 114 valence electrons. The fraction of sp³-hybridized carbons (Fsp3) is 0.467. The highest BCUT2D eigenvalue weighted by atomic mass is 16.5. The lowest BCUT2D eigenvalue weighted by molar-refractivity contribution is -0.115. The van der Waals surface area contributed by atoms with E-state index in [1.54, 1.807) is 12.3 Å². The summed E-state index contributed by atoms with van der Waals surface area (Å²) in [5.41, 5.74) is 0.688. The minimum Gasteiger partial charge on any atom is -0.468 e. The third-order valence-corrected chi connectivity index (χ3v) is 3.08. The number of carbonyl (C=O) groups excluding carboxylic acids is 1. The van der Waals surface area contributed by atoms with Gasteiger partial charge >= 0.3 is 0 Å². The molecule has 2 N–H and O–H groups in total. The van der Waals surface area contributed by atoms with Crippen molar-refractivity contribution in [3.8, 4) is 0 Å². The average Bonchev–Trinajstić information content (AvgIpc) is 3.05. The molecule has 2 aromatic heterocycles. The molecule has 0 aliphatic rings. The van der Waals surface area contributed by atoms with Crippen molar-refractivity contribution in [3.63, 3.8) is 0 Å². The van der Waals surface area contributed by atoms with Gasteiger partial charge in [-0.3, -0.25) is 15.4 Å². The van der Waals surface area contributed by atoms with Crippen molar-refractivity contribution >= 4 is 11.8 Å². The Morgan fingerprint density at radius 1 is 1.43 bits per heavy atom. The second-order valence-electron chi connectivity index (χ2n) is 5.99. The lowest BCUT2D eigenvalue weighted by Gasteiger charge is -2.12. The predicted molar refractivity (Wildman–Crippen MR) is 79.0 cm³/mol. The van der Waals surface area contributed by atoms with Crippen molar-refractivity contribution in [1.82, 2.24) is 10.5 Å². The molecule has 0 aromatic carbocycles. The summed E-state index contributed by atoms with van der Waals surface area (Å²) in [5.74, 6) is 0.958. The molecule has 0 aliphatic heterocycles. The molecule has 21 heavy (non-hydrogen) atoms. The van der Waals surface area contributed by atoms with Gasteiger partial charge in [-0.25, -0.2) is 0 Å². The Morgan fingerprint density at radius 3 is 2.76 bits per heavy atom. The first-order valence-corrected chi connectivity index (χ1v) is 6.90. The SMILES string of the molecule is C[C@H](NCC(=O)Nc1cc(C(C)(C)C)no1)c1ccco1. The Hall–Kier alpha value is -2.08. The van der Waals surface area contributed by atoms with Gasteiger partial charge in [0.05, 0.1) is 24.5 Å². The predicted octanol–water partition coefficient (Wildman–Crippen LogP) is 2.85. The van der Waals surface area contributed by atoms with Gasteiger partial charge in [0, 0.05) is 11.5 Å². The van der Waals surface area contributed by atoms with Crippen molar-refractivity contribution in [2.24, 2.45) is 0 Å². The van der Waals surface area contributed by atoms with Gasteiger partial charge in [0.2, 0.25) is 11.8 Å². The molecule has 0 radical (unpaired) electrons. The first kappa shape index (κ1) is 15.3. The first-order valence-electron chi connectivity index (χ1n) is 6.90. The van der Waals surface area contributed by atoms with Crippen LogP contribution in [-0.2, 0) is 10.2 Å². The van der Waals surface area contributed by atoms with Crippen LogP contribution < -0.4 is 10.6 Å². The number of nitrogens with zero attached hydrogens (tertiary/aromatic N) is 1. The van der Waals surface area contributed by atoms with Gasteiger partial charge in [0.15, 0.2) is 0 Å². The molecule has 2 heterocycles. The highest BCUT2D eigenvalue weighted by Crippen LogP contribution is 2.23. The number of hydrogen-bond acceptors (Lipinski definition) is 5. The van der Waals surface area contributed by atoms with Crippen molar-refractivity contribution in [2.75, 3.05) is 11.9 Å². The minimum absolute atomic E-state index is 0.0365. The largest absolute Gasteiger partial charge is 0.468 e. The lowest BCUT2D eigenvalue weighted by Crippen LogP contribution is -2.29. The van der Waals surface area contributed by atoms with Crippen LogP contribution in [0.5, 0.6) is 0 Å². The van der Waals surface area contributed by atoms with E-state index >= 15 is 0 Å². The number of carbonyl (C=O) groups is 1. The van der Waals surface area contributed by atoms with Crippen LogP contribution in [0, 0.1) is 0 Å². The minimum atomic E-state index is -0.190. The van der Waals surface area contributed by atoms with Crippen LogP contribution in [0.2, 0.25) is 0 Å². The zero-order chi connectivity index (χ0) is 15.5. The maximum absolute atomic E-state index is 11.9. The van der Waals surface area contributed by atoms with Gasteiger partial charge in [0.25, 0.3) is 0 Å². The van der Waals surface area contributed by atoms with E-state index < -0.39 is 0 Å². The Kier molecular flexibility index (Phi) is 4.47. The fourth-order valence-corrected chi connectivity index (χ4v) is 1.75. The Labute approximate surface area is 123 Å². The molecular formula is C15H21N3O3. The van der Waals surface area contributed by atoms with Gasteiger partial charge in [-0.15, -0.1) is 0 Å². The molecule has 6 nitrogen and oxygen atoms in total. The second kappa shape index (κ2) is 6.13. The number of aromatic nitrogens is 1. The summed E-state index contributed by atoms with van der Waals surface area (Å²) in [5, 5.41) is 9.70. The Balaban J connectivity index is 1.83. The van der Waals surface area contributed by atoms with E-state index in [9.17, 15) is 4.79 Å². The third kappa shape index (κ3) is 4.19. The summed E-state index contributed by atoms with van der Waals surface area (Å²) in [6.07, 6.45) is 1.61. The monoisotopic (exact) mass is 291 g/mol. The average molecular weight is 291 g/mol. The summed E-state index contributed by atoms with van der Waals surface area (Å²) in [6.45, 7) is 8.18. The van der Waals surface area contributed by atoms with Gasteiger partial charge in [-0.1, -0.05) is 25.9 Å². The topological polar surface area (TPSA) is 80.3 Å². The highest BCUT2D eigenvalue weighted by Gasteiger charge is 2.19. The molecule has 0 bridgehead atoms. The summed E-state index contributed by atoms with van der Waals surface area (Å²) in [6, 6.07) is 5.39. The van der Waals surface area contributed by atoms with Crippen molar-refractivity contribution in [3.05, 3.63) is 35.9 Å².